The zero-order valence-electron chi connectivity index (χ0n) is 15.1. The van der Waals surface area contributed by atoms with E-state index in [-0.39, 0.29) is 36.4 Å². The molecule has 2 amide bonds. The fraction of sp³-hybridized carbons (Fsp3) is 0.200. The van der Waals surface area contributed by atoms with Gasteiger partial charge in [0.25, 0.3) is 5.89 Å². The second-order valence-electron chi connectivity index (χ2n) is 6.58. The first-order valence-electron chi connectivity index (χ1n) is 8.78. The highest BCUT2D eigenvalue weighted by Gasteiger charge is 2.35. The topological polar surface area (TPSA) is 88.3 Å². The Kier molecular flexibility index (Phi) is 4.60. The molecule has 7 nitrogen and oxygen atoms in total. The van der Waals surface area contributed by atoms with Crippen molar-refractivity contribution in [2.45, 2.75) is 19.3 Å². The van der Waals surface area contributed by atoms with Gasteiger partial charge < -0.3 is 14.7 Å². The first kappa shape index (κ1) is 17.8. The van der Waals surface area contributed by atoms with Crippen molar-refractivity contribution in [3.8, 4) is 11.5 Å². The van der Waals surface area contributed by atoms with Crippen LogP contribution in [0.15, 0.2) is 53.1 Å². The van der Waals surface area contributed by atoms with E-state index in [9.17, 15) is 14.0 Å². The summed E-state index contributed by atoms with van der Waals surface area (Å²) in [5.41, 5.74) is 1.52. The summed E-state index contributed by atoms with van der Waals surface area (Å²) in [6, 6.07) is 13.2. The number of anilines is 2. The number of aromatic nitrogens is 2. The number of hydrogen-bond acceptors (Lipinski definition) is 5. The van der Waals surface area contributed by atoms with Gasteiger partial charge in [-0.3, -0.25) is 9.59 Å². The van der Waals surface area contributed by atoms with E-state index in [0.717, 1.165) is 0 Å². The molecule has 0 bridgehead atoms. The van der Waals surface area contributed by atoms with Crippen molar-refractivity contribution in [1.82, 2.24) is 10.1 Å². The van der Waals surface area contributed by atoms with Gasteiger partial charge in [0.2, 0.25) is 11.8 Å². The number of carbonyl (C=O) groups excluding carboxylic acids is 2. The molecule has 28 heavy (non-hydrogen) atoms. The predicted octanol–water partition coefficient (Wildman–Crippen LogP) is 3.35. The third-order valence-electron chi connectivity index (χ3n) is 4.51. The standard InChI is InChI=1S/C20H17FN4O3/c1-12(26)22-15-6-4-5-13(9-15)20-23-19(24-28-20)14-10-18(27)25(11-14)17-8-3-2-7-16(17)21/h2-9,14H,10-11H2,1H3,(H,22,26)/t14-/m0/s1. The van der Waals surface area contributed by atoms with Gasteiger partial charge in [-0.15, -0.1) is 0 Å². The summed E-state index contributed by atoms with van der Waals surface area (Å²) in [6.45, 7) is 1.71. The van der Waals surface area contributed by atoms with E-state index in [4.69, 9.17) is 4.52 Å². The molecule has 1 aliphatic heterocycles. The van der Waals surface area contributed by atoms with E-state index >= 15 is 0 Å². The molecule has 0 radical (unpaired) electrons. The summed E-state index contributed by atoms with van der Waals surface area (Å²) in [6.07, 6.45) is 0.180. The quantitative estimate of drug-likeness (QED) is 0.750. The molecular formula is C20H17FN4O3. The minimum absolute atomic E-state index is 0.180. The molecule has 1 N–H and O–H groups in total. The van der Waals surface area contributed by atoms with Crippen molar-refractivity contribution in [2.24, 2.45) is 0 Å². The lowest BCUT2D eigenvalue weighted by Gasteiger charge is -2.16. The van der Waals surface area contributed by atoms with Gasteiger partial charge in [0.1, 0.15) is 5.82 Å². The van der Waals surface area contributed by atoms with Crippen LogP contribution < -0.4 is 10.2 Å². The van der Waals surface area contributed by atoms with Crippen LogP contribution in [0.4, 0.5) is 15.8 Å². The van der Waals surface area contributed by atoms with Gasteiger partial charge in [0.05, 0.1) is 5.69 Å². The minimum atomic E-state index is -0.444. The molecule has 2 aromatic carbocycles. The normalized spacial score (nSPS) is 16.4. The zero-order chi connectivity index (χ0) is 19.7. The zero-order valence-corrected chi connectivity index (χ0v) is 15.1. The van der Waals surface area contributed by atoms with Gasteiger partial charge in [-0.25, -0.2) is 4.39 Å². The van der Waals surface area contributed by atoms with Crippen LogP contribution in [-0.2, 0) is 9.59 Å². The highest BCUT2D eigenvalue weighted by molar-refractivity contribution is 5.96. The minimum Gasteiger partial charge on any atom is -0.334 e. The third kappa shape index (κ3) is 3.48. The Balaban J connectivity index is 1.55. The van der Waals surface area contributed by atoms with Crippen LogP contribution in [0.25, 0.3) is 11.5 Å². The molecule has 0 aliphatic carbocycles. The van der Waals surface area contributed by atoms with Crippen molar-refractivity contribution in [3.63, 3.8) is 0 Å². The lowest BCUT2D eigenvalue weighted by Crippen LogP contribution is -2.25. The Morgan fingerprint density at radius 2 is 2.07 bits per heavy atom. The van der Waals surface area contributed by atoms with Gasteiger partial charge in [0, 0.05) is 37.1 Å². The number of amides is 2. The lowest BCUT2D eigenvalue weighted by atomic mass is 10.1. The Morgan fingerprint density at radius 1 is 1.25 bits per heavy atom. The van der Waals surface area contributed by atoms with Gasteiger partial charge in [0.15, 0.2) is 5.82 Å². The first-order chi connectivity index (χ1) is 13.5. The molecule has 1 aromatic heterocycles. The summed E-state index contributed by atoms with van der Waals surface area (Å²) >= 11 is 0. The van der Waals surface area contributed by atoms with E-state index in [0.29, 0.717) is 23.0 Å². The fourth-order valence-corrected chi connectivity index (χ4v) is 3.24. The summed E-state index contributed by atoms with van der Waals surface area (Å²) < 4.78 is 19.4. The second kappa shape index (κ2) is 7.22. The average molecular weight is 380 g/mol. The Bertz CT molecular complexity index is 1050. The van der Waals surface area contributed by atoms with Gasteiger partial charge in [-0.2, -0.15) is 4.98 Å². The van der Waals surface area contributed by atoms with E-state index in [2.05, 4.69) is 15.5 Å². The van der Waals surface area contributed by atoms with Gasteiger partial charge in [-0.05, 0) is 30.3 Å². The van der Waals surface area contributed by atoms with Crippen LogP contribution in [-0.4, -0.2) is 28.5 Å². The number of carbonyl (C=O) groups is 2. The Hall–Kier alpha value is -3.55. The largest absolute Gasteiger partial charge is 0.334 e. The van der Waals surface area contributed by atoms with Gasteiger partial charge in [-0.1, -0.05) is 23.4 Å². The number of para-hydroxylation sites is 1. The summed E-state index contributed by atoms with van der Waals surface area (Å²) in [4.78, 5) is 29.4. The maximum absolute atomic E-state index is 14.0. The van der Waals surface area contributed by atoms with Crippen LogP contribution in [0, 0.1) is 5.82 Å². The van der Waals surface area contributed by atoms with Crippen molar-refractivity contribution in [2.75, 3.05) is 16.8 Å². The van der Waals surface area contributed by atoms with Crippen LogP contribution >= 0.6 is 0 Å². The molecule has 4 rings (SSSR count). The fourth-order valence-electron chi connectivity index (χ4n) is 3.24. The Labute approximate surface area is 160 Å². The van der Waals surface area contributed by atoms with E-state index in [1.54, 1.807) is 42.5 Å². The number of halogens is 1. The van der Waals surface area contributed by atoms with Crippen LogP contribution in [0.2, 0.25) is 0 Å². The second-order valence-corrected chi connectivity index (χ2v) is 6.58. The molecule has 0 spiro atoms. The highest BCUT2D eigenvalue weighted by atomic mass is 19.1. The first-order valence-corrected chi connectivity index (χ1v) is 8.78. The molecule has 8 heteroatoms. The molecule has 3 aromatic rings. The molecule has 1 atom stereocenters. The smallest absolute Gasteiger partial charge is 0.258 e. The van der Waals surface area contributed by atoms with Crippen LogP contribution in [0.5, 0.6) is 0 Å². The van der Waals surface area contributed by atoms with E-state index in [1.807, 2.05) is 0 Å². The average Bonchev–Trinajstić information content (AvgIpc) is 3.29. The number of benzene rings is 2. The van der Waals surface area contributed by atoms with Crippen molar-refractivity contribution in [3.05, 3.63) is 60.2 Å². The van der Waals surface area contributed by atoms with Crippen molar-refractivity contribution >= 4 is 23.2 Å². The lowest BCUT2D eigenvalue weighted by molar-refractivity contribution is -0.117. The number of nitrogens with zero attached hydrogens (tertiary/aromatic N) is 3. The molecule has 1 aliphatic rings. The molecule has 142 valence electrons. The monoisotopic (exact) mass is 380 g/mol. The highest BCUT2D eigenvalue weighted by Crippen LogP contribution is 2.32. The number of rotatable bonds is 4. The SMILES string of the molecule is CC(=O)Nc1cccc(-c2nc([C@H]3CC(=O)N(c4ccccc4F)C3)no2)c1. The number of nitrogens with one attached hydrogen (secondary N) is 1. The summed E-state index contributed by atoms with van der Waals surface area (Å²) in [5.74, 6) is -0.412. The summed E-state index contributed by atoms with van der Waals surface area (Å²) in [7, 11) is 0. The van der Waals surface area contributed by atoms with E-state index in [1.165, 1.54) is 17.9 Å². The van der Waals surface area contributed by atoms with Crippen molar-refractivity contribution < 1.29 is 18.5 Å². The van der Waals surface area contributed by atoms with Crippen molar-refractivity contribution in [1.29, 1.82) is 0 Å². The van der Waals surface area contributed by atoms with Crippen LogP contribution in [0.3, 0.4) is 0 Å². The maximum atomic E-state index is 14.0. The predicted molar refractivity (Wildman–Crippen MR) is 100 cm³/mol. The summed E-state index contributed by atoms with van der Waals surface area (Å²) in [5, 5.41) is 6.70. The molecule has 1 saturated heterocycles. The maximum Gasteiger partial charge on any atom is 0.258 e. The van der Waals surface area contributed by atoms with Crippen LogP contribution in [0.1, 0.15) is 25.1 Å². The molecule has 0 saturated carbocycles. The van der Waals surface area contributed by atoms with Gasteiger partial charge >= 0.3 is 0 Å². The molecule has 2 heterocycles. The molecular weight excluding hydrogens is 363 g/mol. The Morgan fingerprint density at radius 3 is 2.86 bits per heavy atom. The molecule has 1 fully saturated rings. The van der Waals surface area contributed by atoms with E-state index < -0.39 is 5.82 Å². The third-order valence-corrected chi connectivity index (χ3v) is 4.51. The molecule has 0 unspecified atom stereocenters. The number of hydrogen-bond donors (Lipinski definition) is 1.